The normalized spacial score (nSPS) is 11.6. The molecule has 0 bridgehead atoms. The van der Waals surface area contributed by atoms with E-state index in [1.807, 2.05) is 0 Å². The number of pyridine rings is 2. The summed E-state index contributed by atoms with van der Waals surface area (Å²) in [5, 5.41) is 0.184. The topological polar surface area (TPSA) is 123 Å². The summed E-state index contributed by atoms with van der Waals surface area (Å²) in [6.45, 7) is 2.42. The molecule has 1 aromatic carbocycles. The van der Waals surface area contributed by atoms with Gasteiger partial charge in [-0.1, -0.05) is 6.07 Å². The number of amides is 1. The molecule has 0 unspecified atom stereocenters. The molecule has 0 radical (unpaired) electrons. The molecule has 11 heteroatoms. The number of aryl methyl sites for hydroxylation is 1. The number of carbonyl (C=O) groups is 2. The highest BCUT2D eigenvalue weighted by molar-refractivity contribution is 5.97. The zero-order chi connectivity index (χ0) is 27.2. The number of rotatable bonds is 9. The van der Waals surface area contributed by atoms with Gasteiger partial charge < -0.3 is 23.5 Å². The Balaban J connectivity index is 2.07. The SMILES string of the molecule is CCOC(=O)c1cc2c(=O)n3ccccc3nc2n(CCCOC)c1=NC(=O)c1cc(OC)cc(OC)c1. The van der Waals surface area contributed by atoms with Gasteiger partial charge in [0.15, 0.2) is 5.49 Å². The van der Waals surface area contributed by atoms with Gasteiger partial charge in [0.05, 0.1) is 26.2 Å². The Labute approximate surface area is 217 Å². The van der Waals surface area contributed by atoms with Crippen LogP contribution in [0.4, 0.5) is 0 Å². The molecule has 3 heterocycles. The lowest BCUT2D eigenvalue weighted by Crippen LogP contribution is -2.33. The van der Waals surface area contributed by atoms with Gasteiger partial charge in [0.25, 0.3) is 11.5 Å². The van der Waals surface area contributed by atoms with Crippen LogP contribution in [0.3, 0.4) is 0 Å². The van der Waals surface area contributed by atoms with Crippen molar-refractivity contribution in [2.45, 2.75) is 19.9 Å². The van der Waals surface area contributed by atoms with Gasteiger partial charge in [-0.05, 0) is 43.7 Å². The number of carbonyl (C=O) groups excluding carboxylic acids is 2. The standard InChI is InChI=1S/C27H28N4O7/c1-5-38-27(34)21-16-20-23(28-22-9-6-7-10-30(22)26(20)33)31(11-8-12-35-2)24(21)29-25(32)17-13-18(36-3)15-19(14-17)37-4/h6-7,9-10,13-16H,5,8,11-12H2,1-4H3. The Bertz CT molecular complexity index is 1620. The second kappa shape index (κ2) is 11.7. The van der Waals surface area contributed by atoms with Crippen LogP contribution in [0.1, 0.15) is 34.1 Å². The molecule has 4 aromatic rings. The van der Waals surface area contributed by atoms with Crippen molar-refractivity contribution in [2.24, 2.45) is 4.99 Å². The summed E-state index contributed by atoms with van der Waals surface area (Å²) in [5.74, 6) is -0.561. The van der Waals surface area contributed by atoms with E-state index in [2.05, 4.69) is 9.98 Å². The number of hydrogen-bond donors (Lipinski definition) is 0. The Morgan fingerprint density at radius 2 is 1.76 bits per heavy atom. The van der Waals surface area contributed by atoms with E-state index in [1.165, 1.54) is 36.8 Å². The van der Waals surface area contributed by atoms with E-state index in [1.54, 1.807) is 49.1 Å². The van der Waals surface area contributed by atoms with Gasteiger partial charge in [0.2, 0.25) is 0 Å². The van der Waals surface area contributed by atoms with Crippen LogP contribution in [-0.2, 0) is 16.0 Å². The molecule has 0 aliphatic heterocycles. The van der Waals surface area contributed by atoms with Crippen molar-refractivity contribution >= 4 is 28.6 Å². The molecule has 0 fully saturated rings. The van der Waals surface area contributed by atoms with Crippen LogP contribution in [0.15, 0.2) is 58.4 Å². The molecular formula is C27H28N4O7. The molecule has 0 saturated heterocycles. The molecule has 4 rings (SSSR count). The van der Waals surface area contributed by atoms with Crippen LogP contribution in [0.2, 0.25) is 0 Å². The van der Waals surface area contributed by atoms with E-state index in [9.17, 15) is 14.4 Å². The lowest BCUT2D eigenvalue weighted by atomic mass is 10.1. The van der Waals surface area contributed by atoms with Gasteiger partial charge in [0.1, 0.15) is 28.4 Å². The van der Waals surface area contributed by atoms with E-state index < -0.39 is 11.9 Å². The van der Waals surface area contributed by atoms with Gasteiger partial charge in [-0.15, -0.1) is 0 Å². The third-order valence-electron chi connectivity index (χ3n) is 5.82. The third-order valence-corrected chi connectivity index (χ3v) is 5.82. The predicted octanol–water partition coefficient (Wildman–Crippen LogP) is 2.62. The van der Waals surface area contributed by atoms with Crippen LogP contribution in [0.5, 0.6) is 11.5 Å². The van der Waals surface area contributed by atoms with Gasteiger partial charge >= 0.3 is 5.97 Å². The quantitative estimate of drug-likeness (QED) is 0.188. The molecule has 0 atom stereocenters. The minimum Gasteiger partial charge on any atom is -0.497 e. The average molecular weight is 521 g/mol. The summed E-state index contributed by atoms with van der Waals surface area (Å²) < 4.78 is 24.0. The molecule has 0 aliphatic carbocycles. The minimum atomic E-state index is -0.720. The van der Waals surface area contributed by atoms with Gasteiger partial charge in [0, 0.05) is 38.1 Å². The van der Waals surface area contributed by atoms with Crippen LogP contribution in [0.25, 0.3) is 16.7 Å². The van der Waals surface area contributed by atoms with Crippen LogP contribution < -0.4 is 20.5 Å². The molecule has 3 aromatic heterocycles. The number of esters is 1. The Morgan fingerprint density at radius 3 is 2.42 bits per heavy atom. The number of aromatic nitrogens is 3. The minimum absolute atomic E-state index is 0.0195. The summed E-state index contributed by atoms with van der Waals surface area (Å²) in [4.78, 5) is 48.9. The first-order chi connectivity index (χ1) is 18.4. The summed E-state index contributed by atoms with van der Waals surface area (Å²) in [7, 11) is 4.52. The highest BCUT2D eigenvalue weighted by atomic mass is 16.5. The first kappa shape index (κ1) is 26.6. The van der Waals surface area contributed by atoms with Gasteiger partial charge in [-0.25, -0.2) is 9.78 Å². The van der Waals surface area contributed by atoms with Crippen molar-refractivity contribution in [3.8, 4) is 11.5 Å². The zero-order valence-corrected chi connectivity index (χ0v) is 21.6. The number of benzene rings is 1. The van der Waals surface area contributed by atoms with Crippen LogP contribution in [-0.4, -0.2) is 60.4 Å². The fraction of sp³-hybridized carbons (Fsp3) is 0.296. The summed E-state index contributed by atoms with van der Waals surface area (Å²) in [5.41, 5.74) is 0.489. The maximum Gasteiger partial charge on any atom is 0.341 e. The molecule has 11 nitrogen and oxygen atoms in total. The first-order valence-corrected chi connectivity index (χ1v) is 11.9. The highest BCUT2D eigenvalue weighted by Gasteiger charge is 2.20. The van der Waals surface area contributed by atoms with Crippen molar-refractivity contribution < 1.29 is 28.5 Å². The first-order valence-electron chi connectivity index (χ1n) is 11.9. The lowest BCUT2D eigenvalue weighted by Gasteiger charge is -2.15. The number of nitrogens with zero attached hydrogens (tertiary/aromatic N) is 4. The zero-order valence-electron chi connectivity index (χ0n) is 21.6. The van der Waals surface area contributed by atoms with E-state index in [-0.39, 0.29) is 46.4 Å². The lowest BCUT2D eigenvalue weighted by molar-refractivity contribution is 0.0523. The van der Waals surface area contributed by atoms with Crippen molar-refractivity contribution in [1.29, 1.82) is 0 Å². The molecular weight excluding hydrogens is 492 g/mol. The maximum atomic E-state index is 13.4. The van der Waals surface area contributed by atoms with Crippen molar-refractivity contribution in [1.82, 2.24) is 14.0 Å². The van der Waals surface area contributed by atoms with Crippen molar-refractivity contribution in [3.05, 3.63) is 75.6 Å². The molecule has 38 heavy (non-hydrogen) atoms. The monoisotopic (exact) mass is 520 g/mol. The number of methoxy groups -OCH3 is 3. The summed E-state index contributed by atoms with van der Waals surface area (Å²) in [6, 6.07) is 11.2. The van der Waals surface area contributed by atoms with Crippen LogP contribution >= 0.6 is 0 Å². The predicted molar refractivity (Wildman–Crippen MR) is 139 cm³/mol. The van der Waals surface area contributed by atoms with Crippen molar-refractivity contribution in [3.63, 3.8) is 0 Å². The second-order valence-electron chi connectivity index (χ2n) is 8.20. The van der Waals surface area contributed by atoms with Crippen molar-refractivity contribution in [2.75, 3.05) is 34.5 Å². The summed E-state index contributed by atoms with van der Waals surface area (Å²) >= 11 is 0. The van der Waals surface area contributed by atoms with Gasteiger partial charge in [-0.2, -0.15) is 4.99 Å². The summed E-state index contributed by atoms with van der Waals surface area (Å²) in [6.07, 6.45) is 2.10. The number of fused-ring (bicyclic) bond motifs is 2. The fourth-order valence-electron chi connectivity index (χ4n) is 4.03. The second-order valence-corrected chi connectivity index (χ2v) is 8.20. The fourth-order valence-corrected chi connectivity index (χ4v) is 4.03. The number of ether oxygens (including phenoxy) is 4. The molecule has 0 spiro atoms. The molecule has 1 amide bonds. The molecule has 198 valence electrons. The Kier molecular flexibility index (Phi) is 8.17. The Morgan fingerprint density at radius 1 is 1.03 bits per heavy atom. The Hall–Kier alpha value is -4.51. The largest absolute Gasteiger partial charge is 0.497 e. The van der Waals surface area contributed by atoms with E-state index in [0.717, 1.165) is 0 Å². The molecule has 0 N–H and O–H groups in total. The van der Waals surface area contributed by atoms with E-state index in [4.69, 9.17) is 18.9 Å². The molecule has 0 saturated carbocycles. The molecule has 0 aliphatic rings. The van der Waals surface area contributed by atoms with E-state index >= 15 is 0 Å². The third kappa shape index (κ3) is 5.28. The highest BCUT2D eigenvalue weighted by Crippen LogP contribution is 2.23. The average Bonchev–Trinajstić information content (AvgIpc) is 2.93. The smallest absolute Gasteiger partial charge is 0.341 e. The van der Waals surface area contributed by atoms with Gasteiger partial charge in [-0.3, -0.25) is 14.0 Å². The van der Waals surface area contributed by atoms with Crippen LogP contribution in [0, 0.1) is 0 Å². The maximum absolute atomic E-state index is 13.4. The van der Waals surface area contributed by atoms with E-state index in [0.29, 0.717) is 30.2 Å². The number of hydrogen-bond acceptors (Lipinski definition) is 8.